The van der Waals surface area contributed by atoms with E-state index < -0.39 is 0 Å². The monoisotopic (exact) mass is 1090 g/mol. The molecule has 0 N–H and O–H groups in total. The molecule has 352 valence electrons. The Morgan fingerprint density at radius 3 is 1.86 bits per heavy atom. The van der Waals surface area contributed by atoms with Crippen molar-refractivity contribution in [3.05, 3.63) is 199 Å². The number of anilines is 4. The number of para-hydroxylation sites is 3. The van der Waals surface area contributed by atoms with Crippen LogP contribution in [0.25, 0.3) is 49.9 Å². The van der Waals surface area contributed by atoms with Gasteiger partial charge < -0.3 is 19.1 Å². The molecular weight excluding hydrogens is 1030 g/mol. The predicted molar refractivity (Wildman–Crippen MR) is 281 cm³/mol. The number of benzene rings is 7. The predicted octanol–water partition coefficient (Wildman–Crippen LogP) is 17.3. The quantitative estimate of drug-likeness (QED) is 0.135. The summed E-state index contributed by atoms with van der Waals surface area (Å²) in [6.45, 7) is 24.8. The first-order valence-electron chi connectivity index (χ1n) is 23.8. The van der Waals surface area contributed by atoms with Gasteiger partial charge in [-0.15, -0.1) is 53.6 Å². The molecule has 0 bridgehead atoms. The molecule has 0 saturated carbocycles. The molecule has 69 heavy (non-hydrogen) atoms. The Labute approximate surface area is 421 Å². The molecule has 5 nitrogen and oxygen atoms in total. The number of halogens is 1. The van der Waals surface area contributed by atoms with Gasteiger partial charge in [0.25, 0.3) is 0 Å². The molecule has 10 rings (SSSR count). The third-order valence-corrected chi connectivity index (χ3v) is 13.2. The molecule has 2 aromatic heterocycles. The topological polar surface area (TPSA) is 33.5 Å². The van der Waals surface area contributed by atoms with Crippen LogP contribution in [0.1, 0.15) is 103 Å². The van der Waals surface area contributed by atoms with E-state index in [1.807, 2.05) is 42.6 Å². The average molecular weight is 1090 g/mol. The SMILES string of the molecule is CC(C)c1cc(-c2ccccc2F)cc(C(C)C)c1N1[CH-]N(c2[c-]c(Oc3[c-]c4c(cc3)c3ccccc3n4-c3ccccn3)cc(-c3c(C(C)(C)C)cccc3C(C)(C)C)c2)c2ccccc21.[Pt]. The van der Waals surface area contributed by atoms with Crippen LogP contribution in [0, 0.1) is 24.6 Å². The molecule has 0 amide bonds. The summed E-state index contributed by atoms with van der Waals surface area (Å²) in [4.78, 5) is 9.33. The molecule has 7 heteroatoms. The summed E-state index contributed by atoms with van der Waals surface area (Å²) in [6, 6.07) is 57.1. The smallest absolute Gasteiger partial charge is 0.135 e. The fraction of sp³-hybridized carbons (Fsp3) is 0.226. The average Bonchev–Trinajstić information content (AvgIpc) is 3.86. The minimum absolute atomic E-state index is 0. The van der Waals surface area contributed by atoms with Crippen molar-refractivity contribution in [3.8, 4) is 39.6 Å². The normalized spacial score (nSPS) is 12.9. The number of hydrogen-bond acceptors (Lipinski definition) is 4. The van der Waals surface area contributed by atoms with Gasteiger partial charge in [0.2, 0.25) is 0 Å². The van der Waals surface area contributed by atoms with Crippen molar-refractivity contribution in [1.82, 2.24) is 9.55 Å². The number of fused-ring (bicyclic) bond motifs is 4. The molecule has 0 atom stereocenters. The molecule has 0 radical (unpaired) electrons. The van der Waals surface area contributed by atoms with Gasteiger partial charge in [-0.3, -0.25) is 0 Å². The van der Waals surface area contributed by atoms with Gasteiger partial charge in [0, 0.05) is 66.9 Å². The van der Waals surface area contributed by atoms with Gasteiger partial charge in [-0.1, -0.05) is 148 Å². The molecule has 3 heterocycles. The summed E-state index contributed by atoms with van der Waals surface area (Å²) in [6.07, 6.45) is 1.82. The van der Waals surface area contributed by atoms with Crippen molar-refractivity contribution in [2.45, 2.75) is 91.9 Å². The van der Waals surface area contributed by atoms with E-state index in [0.717, 1.165) is 72.6 Å². The van der Waals surface area contributed by atoms with Gasteiger partial charge in [-0.25, -0.2) is 9.37 Å². The van der Waals surface area contributed by atoms with E-state index in [1.54, 1.807) is 12.1 Å². The van der Waals surface area contributed by atoms with E-state index >= 15 is 4.39 Å². The van der Waals surface area contributed by atoms with E-state index in [2.05, 4.69) is 199 Å². The first kappa shape index (κ1) is 47.6. The third-order valence-electron chi connectivity index (χ3n) is 13.2. The summed E-state index contributed by atoms with van der Waals surface area (Å²) in [5.41, 5.74) is 14.1. The molecule has 9 aromatic rings. The Bertz CT molecular complexity index is 3300. The Hall–Kier alpha value is -6.49. The van der Waals surface area contributed by atoms with Crippen LogP contribution in [0.5, 0.6) is 11.5 Å². The van der Waals surface area contributed by atoms with Crippen molar-refractivity contribution in [3.63, 3.8) is 0 Å². The fourth-order valence-corrected chi connectivity index (χ4v) is 9.92. The summed E-state index contributed by atoms with van der Waals surface area (Å²) in [5, 5.41) is 2.19. The fourth-order valence-electron chi connectivity index (χ4n) is 9.92. The molecular formula is C62H58FN4OPt-3. The molecule has 0 spiro atoms. The van der Waals surface area contributed by atoms with E-state index in [-0.39, 0.29) is 49.5 Å². The molecule has 0 saturated heterocycles. The second kappa shape index (κ2) is 18.4. The standard InChI is InChI=1S/C62H58FN4O.Pt/c1-39(2)49-34-41(46-20-11-13-24-53(46)63)35-50(40(3)4)60(49)66-38-65(55-26-15-16-27-56(55)66)43-32-42(59-51(61(5,6)7)22-19-23-52(59)62(8,9)10)33-45(36-43)68-44-29-30-48-47-21-12-14-25-54(47)67(57(48)37-44)58-28-17-18-31-64-58;/h11-35,38-40H,1-10H3;/q-3;. The summed E-state index contributed by atoms with van der Waals surface area (Å²) >= 11 is 0. The largest absolute Gasteiger partial charge is 0.509 e. The zero-order valence-electron chi connectivity index (χ0n) is 41.1. The number of hydrogen-bond donors (Lipinski definition) is 0. The minimum Gasteiger partial charge on any atom is -0.509 e. The zero-order chi connectivity index (χ0) is 47.6. The van der Waals surface area contributed by atoms with Crippen molar-refractivity contribution < 1.29 is 30.2 Å². The van der Waals surface area contributed by atoms with Gasteiger partial charge in [0.15, 0.2) is 0 Å². The van der Waals surface area contributed by atoms with Crippen LogP contribution in [0.4, 0.5) is 27.1 Å². The number of rotatable bonds is 9. The first-order valence-corrected chi connectivity index (χ1v) is 23.8. The molecule has 1 aliphatic heterocycles. The molecule has 1 aliphatic rings. The van der Waals surface area contributed by atoms with Crippen LogP contribution in [0.2, 0.25) is 0 Å². The van der Waals surface area contributed by atoms with E-state index in [0.29, 0.717) is 17.1 Å². The van der Waals surface area contributed by atoms with Gasteiger partial charge in [-0.2, -0.15) is 6.07 Å². The van der Waals surface area contributed by atoms with Gasteiger partial charge >= 0.3 is 0 Å². The number of pyridine rings is 1. The van der Waals surface area contributed by atoms with E-state index in [1.165, 1.54) is 16.7 Å². The van der Waals surface area contributed by atoms with Crippen molar-refractivity contribution in [2.24, 2.45) is 0 Å². The maximum Gasteiger partial charge on any atom is 0.135 e. The molecule has 0 unspecified atom stereocenters. The Morgan fingerprint density at radius 1 is 0.594 bits per heavy atom. The summed E-state index contributed by atoms with van der Waals surface area (Å²) < 4.78 is 24.6. The van der Waals surface area contributed by atoms with Gasteiger partial charge in [0.05, 0.1) is 0 Å². The van der Waals surface area contributed by atoms with Crippen molar-refractivity contribution >= 4 is 44.6 Å². The van der Waals surface area contributed by atoms with Crippen LogP contribution < -0.4 is 14.5 Å². The van der Waals surface area contributed by atoms with Crippen molar-refractivity contribution in [2.75, 3.05) is 9.80 Å². The second-order valence-electron chi connectivity index (χ2n) is 20.7. The Kier molecular flexibility index (Phi) is 12.7. The van der Waals surface area contributed by atoms with Crippen LogP contribution in [-0.4, -0.2) is 9.55 Å². The third kappa shape index (κ3) is 8.78. The van der Waals surface area contributed by atoms with Crippen LogP contribution in [0.15, 0.2) is 152 Å². The Morgan fingerprint density at radius 2 is 1.22 bits per heavy atom. The van der Waals surface area contributed by atoms with Crippen LogP contribution in [0.3, 0.4) is 0 Å². The van der Waals surface area contributed by atoms with E-state index in [9.17, 15) is 0 Å². The second-order valence-corrected chi connectivity index (χ2v) is 20.7. The first-order chi connectivity index (χ1) is 32.6. The number of nitrogens with zero attached hydrogens (tertiary/aromatic N) is 4. The summed E-state index contributed by atoms with van der Waals surface area (Å²) in [5.74, 6) is 2.02. The number of aromatic nitrogens is 2. The van der Waals surface area contributed by atoms with Crippen LogP contribution in [-0.2, 0) is 31.9 Å². The molecule has 0 fully saturated rings. The zero-order valence-corrected chi connectivity index (χ0v) is 43.3. The summed E-state index contributed by atoms with van der Waals surface area (Å²) in [7, 11) is 0. The van der Waals surface area contributed by atoms with Crippen molar-refractivity contribution in [1.29, 1.82) is 0 Å². The molecule has 7 aromatic carbocycles. The van der Waals surface area contributed by atoms with Crippen LogP contribution >= 0.6 is 0 Å². The maximum atomic E-state index is 15.4. The minimum atomic E-state index is -0.224. The van der Waals surface area contributed by atoms with Gasteiger partial charge in [0.1, 0.15) is 11.6 Å². The number of ether oxygens (including phenoxy) is 1. The Balaban J connectivity index is 0.00000593. The van der Waals surface area contributed by atoms with E-state index in [4.69, 9.17) is 9.72 Å². The molecule has 0 aliphatic carbocycles. The maximum absolute atomic E-state index is 15.4. The van der Waals surface area contributed by atoms with Gasteiger partial charge in [-0.05, 0) is 110 Å².